The average Bonchev–Trinajstić information content (AvgIpc) is 2.83. The van der Waals surface area contributed by atoms with E-state index in [1.165, 1.54) is 43.2 Å². The van der Waals surface area contributed by atoms with Gasteiger partial charge in [-0.05, 0) is 49.7 Å². The Bertz CT molecular complexity index is 360. The molecule has 1 heteroatoms. The molecular formula is C18H29N. The highest BCUT2D eigenvalue weighted by Gasteiger charge is 2.16. The molecule has 0 aromatic heterocycles. The Morgan fingerprint density at radius 1 is 0.947 bits per heavy atom. The van der Waals surface area contributed by atoms with Gasteiger partial charge in [-0.2, -0.15) is 0 Å². The molecule has 1 unspecified atom stereocenters. The minimum atomic E-state index is 0.596. The fraction of sp³-hybridized carbons (Fsp3) is 0.667. The van der Waals surface area contributed by atoms with E-state index < -0.39 is 0 Å². The van der Waals surface area contributed by atoms with E-state index in [2.05, 4.69) is 50.4 Å². The summed E-state index contributed by atoms with van der Waals surface area (Å²) in [5, 5.41) is 3.77. The molecule has 1 aromatic rings. The summed E-state index contributed by atoms with van der Waals surface area (Å²) >= 11 is 0. The molecule has 1 aliphatic rings. The molecule has 0 amide bonds. The Kier molecular flexibility index (Phi) is 5.45. The normalized spacial score (nSPS) is 18.1. The van der Waals surface area contributed by atoms with Crippen molar-refractivity contribution in [3.63, 3.8) is 0 Å². The molecule has 1 fully saturated rings. The quantitative estimate of drug-likeness (QED) is 0.801. The van der Waals surface area contributed by atoms with Crippen molar-refractivity contribution in [2.75, 3.05) is 0 Å². The molecule has 1 atom stereocenters. The summed E-state index contributed by atoms with van der Waals surface area (Å²) < 4.78 is 0. The molecule has 1 nitrogen and oxygen atoms in total. The highest BCUT2D eigenvalue weighted by atomic mass is 14.9. The Morgan fingerprint density at radius 3 is 2.00 bits per heavy atom. The monoisotopic (exact) mass is 259 g/mol. The van der Waals surface area contributed by atoms with Crippen molar-refractivity contribution in [2.24, 2.45) is 5.92 Å². The summed E-state index contributed by atoms with van der Waals surface area (Å²) in [5.74, 6) is 0.744. The molecule has 1 N–H and O–H groups in total. The van der Waals surface area contributed by atoms with Crippen molar-refractivity contribution in [1.29, 1.82) is 0 Å². The number of benzene rings is 1. The van der Waals surface area contributed by atoms with Crippen molar-refractivity contribution in [2.45, 2.75) is 71.4 Å². The molecular weight excluding hydrogens is 230 g/mol. The summed E-state index contributed by atoms with van der Waals surface area (Å²) in [6, 6.07) is 10.6. The summed E-state index contributed by atoms with van der Waals surface area (Å²) in [6.07, 6.45) is 7.91. The van der Waals surface area contributed by atoms with E-state index in [0.29, 0.717) is 6.04 Å². The second kappa shape index (κ2) is 7.09. The maximum absolute atomic E-state index is 3.77. The van der Waals surface area contributed by atoms with Gasteiger partial charge in [-0.25, -0.2) is 0 Å². The lowest BCUT2D eigenvalue weighted by atomic mass is 9.99. The van der Waals surface area contributed by atoms with Crippen LogP contribution in [0.1, 0.15) is 57.6 Å². The summed E-state index contributed by atoms with van der Waals surface area (Å²) in [5.41, 5.74) is 2.93. The fourth-order valence-corrected chi connectivity index (χ4v) is 3.19. The molecule has 0 bridgehead atoms. The second-order valence-electron chi connectivity index (χ2n) is 6.67. The van der Waals surface area contributed by atoms with E-state index in [9.17, 15) is 0 Å². The lowest BCUT2D eigenvalue weighted by molar-refractivity contribution is 0.448. The Balaban J connectivity index is 1.81. The zero-order valence-electron chi connectivity index (χ0n) is 12.8. The SMILES string of the molecule is CC(C)Cc1ccc(CC(C)NC2CCCC2)cc1. The van der Waals surface area contributed by atoms with Gasteiger partial charge in [0.05, 0.1) is 0 Å². The summed E-state index contributed by atoms with van der Waals surface area (Å²) in [4.78, 5) is 0. The molecule has 0 aliphatic heterocycles. The highest BCUT2D eigenvalue weighted by Crippen LogP contribution is 2.19. The van der Waals surface area contributed by atoms with Crippen LogP contribution in [-0.2, 0) is 12.8 Å². The van der Waals surface area contributed by atoms with Gasteiger partial charge in [0.1, 0.15) is 0 Å². The third kappa shape index (κ3) is 4.99. The van der Waals surface area contributed by atoms with E-state index in [1.807, 2.05) is 0 Å². The zero-order chi connectivity index (χ0) is 13.7. The van der Waals surface area contributed by atoms with E-state index >= 15 is 0 Å². The minimum absolute atomic E-state index is 0.596. The van der Waals surface area contributed by atoms with E-state index in [-0.39, 0.29) is 0 Å². The fourth-order valence-electron chi connectivity index (χ4n) is 3.19. The summed E-state index contributed by atoms with van der Waals surface area (Å²) in [7, 11) is 0. The average molecular weight is 259 g/mol. The van der Waals surface area contributed by atoms with Crippen LogP contribution in [0.3, 0.4) is 0 Å². The molecule has 2 rings (SSSR count). The Hall–Kier alpha value is -0.820. The van der Waals surface area contributed by atoms with E-state index in [4.69, 9.17) is 0 Å². The van der Waals surface area contributed by atoms with Crippen LogP contribution in [0.2, 0.25) is 0 Å². The topological polar surface area (TPSA) is 12.0 Å². The van der Waals surface area contributed by atoms with Crippen LogP contribution in [0, 0.1) is 5.92 Å². The predicted octanol–water partition coefficient (Wildman–Crippen LogP) is 4.35. The maximum atomic E-state index is 3.77. The molecule has 0 heterocycles. The second-order valence-corrected chi connectivity index (χ2v) is 6.67. The Morgan fingerprint density at radius 2 is 1.47 bits per heavy atom. The first-order chi connectivity index (χ1) is 9.13. The first-order valence-corrected chi connectivity index (χ1v) is 7.97. The zero-order valence-corrected chi connectivity index (χ0v) is 12.8. The molecule has 1 aliphatic carbocycles. The predicted molar refractivity (Wildman–Crippen MR) is 83.5 cm³/mol. The molecule has 106 valence electrons. The van der Waals surface area contributed by atoms with Crippen LogP contribution in [0.25, 0.3) is 0 Å². The smallest absolute Gasteiger partial charge is 0.00817 e. The van der Waals surface area contributed by atoms with Crippen LogP contribution in [-0.4, -0.2) is 12.1 Å². The van der Waals surface area contributed by atoms with Gasteiger partial charge in [-0.3, -0.25) is 0 Å². The molecule has 0 spiro atoms. The number of hydrogen-bond acceptors (Lipinski definition) is 1. The molecule has 1 aromatic carbocycles. The van der Waals surface area contributed by atoms with E-state index in [1.54, 1.807) is 0 Å². The molecule has 1 saturated carbocycles. The molecule has 0 saturated heterocycles. The van der Waals surface area contributed by atoms with Crippen LogP contribution < -0.4 is 5.32 Å². The highest BCUT2D eigenvalue weighted by molar-refractivity contribution is 5.23. The maximum Gasteiger partial charge on any atom is 0.00817 e. The van der Waals surface area contributed by atoms with E-state index in [0.717, 1.165) is 18.4 Å². The van der Waals surface area contributed by atoms with Gasteiger partial charge in [-0.15, -0.1) is 0 Å². The first kappa shape index (κ1) is 14.6. The third-order valence-corrected chi connectivity index (χ3v) is 4.08. The lowest BCUT2D eigenvalue weighted by Crippen LogP contribution is -2.35. The van der Waals surface area contributed by atoms with Crippen LogP contribution in [0.5, 0.6) is 0 Å². The Labute approximate surface area is 118 Å². The third-order valence-electron chi connectivity index (χ3n) is 4.08. The van der Waals surface area contributed by atoms with Gasteiger partial charge in [-0.1, -0.05) is 51.0 Å². The van der Waals surface area contributed by atoms with Crippen LogP contribution in [0.15, 0.2) is 24.3 Å². The van der Waals surface area contributed by atoms with Gasteiger partial charge in [0.25, 0.3) is 0 Å². The standard InChI is InChI=1S/C18H29N/c1-14(2)12-16-8-10-17(11-9-16)13-15(3)19-18-6-4-5-7-18/h8-11,14-15,18-19H,4-7,12-13H2,1-3H3. The van der Waals surface area contributed by atoms with Crippen molar-refractivity contribution in [3.8, 4) is 0 Å². The lowest BCUT2D eigenvalue weighted by Gasteiger charge is -2.19. The largest absolute Gasteiger partial charge is 0.311 e. The molecule has 0 radical (unpaired) electrons. The minimum Gasteiger partial charge on any atom is -0.311 e. The first-order valence-electron chi connectivity index (χ1n) is 7.97. The van der Waals surface area contributed by atoms with Crippen molar-refractivity contribution in [3.05, 3.63) is 35.4 Å². The van der Waals surface area contributed by atoms with Crippen molar-refractivity contribution < 1.29 is 0 Å². The van der Waals surface area contributed by atoms with Gasteiger partial charge >= 0.3 is 0 Å². The van der Waals surface area contributed by atoms with Gasteiger partial charge in [0.15, 0.2) is 0 Å². The van der Waals surface area contributed by atoms with Crippen LogP contribution >= 0.6 is 0 Å². The van der Waals surface area contributed by atoms with Crippen molar-refractivity contribution >= 4 is 0 Å². The van der Waals surface area contributed by atoms with Crippen LogP contribution in [0.4, 0.5) is 0 Å². The number of rotatable bonds is 6. The summed E-state index contributed by atoms with van der Waals surface area (Å²) in [6.45, 7) is 6.88. The van der Waals surface area contributed by atoms with Gasteiger partial charge in [0.2, 0.25) is 0 Å². The number of nitrogens with one attached hydrogen (secondary N) is 1. The van der Waals surface area contributed by atoms with Gasteiger partial charge < -0.3 is 5.32 Å². The molecule has 19 heavy (non-hydrogen) atoms. The van der Waals surface area contributed by atoms with Crippen molar-refractivity contribution in [1.82, 2.24) is 5.32 Å². The number of hydrogen-bond donors (Lipinski definition) is 1. The van der Waals surface area contributed by atoms with Gasteiger partial charge in [0, 0.05) is 12.1 Å².